The van der Waals surface area contributed by atoms with E-state index in [9.17, 15) is 13.2 Å². The maximum absolute atomic E-state index is 12.4. The van der Waals surface area contributed by atoms with Crippen molar-refractivity contribution in [2.45, 2.75) is 45.9 Å². The third-order valence-electron chi connectivity index (χ3n) is 6.89. The monoisotopic (exact) mass is 587 g/mol. The van der Waals surface area contributed by atoms with Gasteiger partial charge in [0.15, 0.2) is 5.65 Å². The molecule has 1 aliphatic rings. The van der Waals surface area contributed by atoms with E-state index in [1.165, 1.54) is 12.1 Å². The van der Waals surface area contributed by atoms with E-state index in [1.807, 2.05) is 23.6 Å². The van der Waals surface area contributed by atoms with Crippen LogP contribution in [0.1, 0.15) is 44.0 Å². The Morgan fingerprint density at radius 2 is 1.71 bits per heavy atom. The Balaban J connectivity index is 1.40. The molecular weight excluding hydrogens is 559 g/mol. The molecular formula is C28H29BrF3N5O. The predicted molar refractivity (Wildman–Crippen MR) is 144 cm³/mol. The van der Waals surface area contributed by atoms with Crippen molar-refractivity contribution in [3.8, 4) is 28.1 Å². The third-order valence-corrected chi connectivity index (χ3v) is 7.87. The zero-order chi connectivity index (χ0) is 27.0. The topological polar surface area (TPSA) is 55.5 Å². The Labute approximate surface area is 228 Å². The first kappa shape index (κ1) is 26.6. The molecule has 0 saturated carbocycles. The molecule has 1 aromatic carbocycles. The summed E-state index contributed by atoms with van der Waals surface area (Å²) in [5, 5.41) is 4.59. The number of hydrogen-bond acceptors (Lipinski definition) is 5. The van der Waals surface area contributed by atoms with Crippen LogP contribution >= 0.6 is 15.9 Å². The fraction of sp³-hybridized carbons (Fsp3) is 0.393. The number of likely N-dealkylation sites (tertiary alicyclic amines) is 1. The molecule has 6 nitrogen and oxygen atoms in total. The van der Waals surface area contributed by atoms with Gasteiger partial charge in [0.05, 0.1) is 27.8 Å². The molecule has 5 rings (SSSR count). The molecule has 10 heteroatoms. The lowest BCUT2D eigenvalue weighted by atomic mass is 9.92. The number of halogens is 4. The van der Waals surface area contributed by atoms with E-state index in [1.54, 1.807) is 24.5 Å². The molecule has 0 amide bonds. The number of nitrogens with zero attached hydrogens (tertiary/aromatic N) is 5. The summed E-state index contributed by atoms with van der Waals surface area (Å²) in [5.41, 5.74) is 5.95. The van der Waals surface area contributed by atoms with Gasteiger partial charge >= 0.3 is 6.36 Å². The zero-order valence-electron chi connectivity index (χ0n) is 21.5. The lowest BCUT2D eigenvalue weighted by Gasteiger charge is -2.33. The first-order valence-corrected chi connectivity index (χ1v) is 13.5. The molecule has 1 aliphatic heterocycles. The molecule has 3 aromatic heterocycles. The van der Waals surface area contributed by atoms with Gasteiger partial charge in [0.1, 0.15) is 5.75 Å². The van der Waals surface area contributed by atoms with Gasteiger partial charge in [0.25, 0.3) is 0 Å². The molecule has 0 atom stereocenters. The summed E-state index contributed by atoms with van der Waals surface area (Å²) >= 11 is 3.79. The highest BCUT2D eigenvalue weighted by Crippen LogP contribution is 2.36. The highest BCUT2D eigenvalue weighted by Gasteiger charge is 2.31. The van der Waals surface area contributed by atoms with Gasteiger partial charge in [-0.15, -0.1) is 13.2 Å². The first-order valence-electron chi connectivity index (χ1n) is 12.7. The van der Waals surface area contributed by atoms with Gasteiger partial charge < -0.3 is 9.64 Å². The molecule has 0 radical (unpaired) electrons. The van der Waals surface area contributed by atoms with E-state index in [-0.39, 0.29) is 5.75 Å². The predicted octanol–water partition coefficient (Wildman–Crippen LogP) is 7.26. The highest BCUT2D eigenvalue weighted by atomic mass is 79.9. The second-order valence-electron chi connectivity index (χ2n) is 10.2. The average Bonchev–Trinajstić information content (AvgIpc) is 3.30. The molecule has 38 heavy (non-hydrogen) atoms. The van der Waals surface area contributed by atoms with Crippen LogP contribution in [0.5, 0.6) is 5.75 Å². The van der Waals surface area contributed by atoms with Gasteiger partial charge in [0.2, 0.25) is 0 Å². The van der Waals surface area contributed by atoms with Gasteiger partial charge in [-0.05, 0) is 85.0 Å². The molecule has 200 valence electrons. The zero-order valence-corrected chi connectivity index (χ0v) is 23.1. The fourth-order valence-electron chi connectivity index (χ4n) is 5.07. The summed E-state index contributed by atoms with van der Waals surface area (Å²) in [4.78, 5) is 12.2. The van der Waals surface area contributed by atoms with E-state index in [2.05, 4.69) is 49.5 Å². The Morgan fingerprint density at radius 3 is 2.32 bits per heavy atom. The van der Waals surface area contributed by atoms with Crippen LogP contribution in [0.4, 0.5) is 13.2 Å². The number of benzene rings is 1. The Kier molecular flexibility index (Phi) is 7.46. The van der Waals surface area contributed by atoms with Crippen molar-refractivity contribution in [3.63, 3.8) is 0 Å². The number of pyridine rings is 1. The van der Waals surface area contributed by atoms with Crippen LogP contribution in [-0.4, -0.2) is 50.5 Å². The van der Waals surface area contributed by atoms with Crippen LogP contribution in [0.2, 0.25) is 0 Å². The van der Waals surface area contributed by atoms with E-state index >= 15 is 0 Å². The van der Waals surface area contributed by atoms with Crippen LogP contribution < -0.4 is 4.74 Å². The van der Waals surface area contributed by atoms with E-state index in [4.69, 9.17) is 4.98 Å². The number of alkyl halides is 3. The molecule has 4 aromatic rings. The third kappa shape index (κ3) is 5.71. The molecule has 0 bridgehead atoms. The van der Waals surface area contributed by atoms with E-state index in [0.717, 1.165) is 65.1 Å². The fourth-order valence-corrected chi connectivity index (χ4v) is 5.65. The van der Waals surface area contributed by atoms with E-state index in [0.29, 0.717) is 23.1 Å². The Hall–Kier alpha value is -2.98. The molecule has 4 heterocycles. The standard InChI is InChI=1S/C28H29BrF3N5O/c1-17(2)16-36-12-10-20(11-13-36)26-25(29)18(3)37-27(35-26)23(15-34-37)21-6-9-24(33-14-21)19-4-7-22(8-5-19)38-28(30,31)32/h4-9,14-15,17,20H,10-13,16H2,1-3H3. The number of fused-ring (bicyclic) bond motifs is 1. The van der Waals surface area contributed by atoms with Gasteiger partial charge in [-0.25, -0.2) is 9.50 Å². The van der Waals surface area contributed by atoms with Crippen molar-refractivity contribution in [1.82, 2.24) is 24.5 Å². The summed E-state index contributed by atoms with van der Waals surface area (Å²) in [7, 11) is 0. The summed E-state index contributed by atoms with van der Waals surface area (Å²) in [6, 6.07) is 9.45. The molecule has 0 unspecified atom stereocenters. The minimum absolute atomic E-state index is 0.266. The molecule has 1 fully saturated rings. The van der Waals surface area contributed by atoms with Crippen LogP contribution in [0.3, 0.4) is 0 Å². The average molecular weight is 588 g/mol. The lowest BCUT2D eigenvalue weighted by molar-refractivity contribution is -0.274. The summed E-state index contributed by atoms with van der Waals surface area (Å²) in [5.74, 6) is 0.773. The summed E-state index contributed by atoms with van der Waals surface area (Å²) in [6.07, 6.45) is 0.968. The van der Waals surface area contributed by atoms with Crippen LogP contribution in [0, 0.1) is 12.8 Å². The number of hydrogen-bond donors (Lipinski definition) is 0. The molecule has 1 saturated heterocycles. The maximum atomic E-state index is 12.4. The number of aromatic nitrogens is 4. The van der Waals surface area contributed by atoms with Gasteiger partial charge in [0, 0.05) is 35.3 Å². The Morgan fingerprint density at radius 1 is 1.03 bits per heavy atom. The first-order chi connectivity index (χ1) is 18.1. The smallest absolute Gasteiger partial charge is 0.406 e. The lowest BCUT2D eigenvalue weighted by Crippen LogP contribution is -2.35. The second kappa shape index (κ2) is 10.6. The van der Waals surface area contributed by atoms with E-state index < -0.39 is 6.36 Å². The molecule has 0 spiro atoms. The van der Waals surface area contributed by atoms with Crippen molar-refractivity contribution >= 4 is 21.6 Å². The number of rotatable bonds is 6. The quantitative estimate of drug-likeness (QED) is 0.237. The molecule has 0 aliphatic carbocycles. The summed E-state index contributed by atoms with van der Waals surface area (Å²) in [6.45, 7) is 9.83. The number of aryl methyl sites for hydroxylation is 1. The van der Waals surface area contributed by atoms with Crippen LogP contribution in [0.25, 0.3) is 28.0 Å². The van der Waals surface area contributed by atoms with Crippen molar-refractivity contribution in [3.05, 3.63) is 64.7 Å². The van der Waals surface area contributed by atoms with Crippen molar-refractivity contribution in [1.29, 1.82) is 0 Å². The highest BCUT2D eigenvalue weighted by molar-refractivity contribution is 9.10. The normalized spacial score (nSPS) is 15.5. The second-order valence-corrected chi connectivity index (χ2v) is 11.0. The minimum atomic E-state index is -4.72. The number of piperidine rings is 1. The Bertz CT molecular complexity index is 1410. The van der Waals surface area contributed by atoms with Crippen LogP contribution in [0.15, 0.2) is 53.3 Å². The van der Waals surface area contributed by atoms with Crippen molar-refractivity contribution in [2.24, 2.45) is 5.92 Å². The SMILES string of the molecule is Cc1c(Br)c(C2CCN(CC(C)C)CC2)nc2c(-c3ccc(-c4ccc(OC(F)(F)F)cc4)nc3)cnn12. The van der Waals surface area contributed by atoms with Crippen molar-refractivity contribution < 1.29 is 17.9 Å². The minimum Gasteiger partial charge on any atom is -0.406 e. The van der Waals surface area contributed by atoms with Crippen LogP contribution in [-0.2, 0) is 0 Å². The number of ether oxygens (including phenoxy) is 1. The molecule has 0 N–H and O–H groups in total. The van der Waals surface area contributed by atoms with Gasteiger partial charge in [-0.3, -0.25) is 4.98 Å². The maximum Gasteiger partial charge on any atom is 0.573 e. The van der Waals surface area contributed by atoms with Crippen molar-refractivity contribution in [2.75, 3.05) is 19.6 Å². The van der Waals surface area contributed by atoms with Gasteiger partial charge in [-0.2, -0.15) is 5.10 Å². The van der Waals surface area contributed by atoms with Gasteiger partial charge in [-0.1, -0.05) is 19.9 Å². The summed E-state index contributed by atoms with van der Waals surface area (Å²) < 4.78 is 44.1. The largest absolute Gasteiger partial charge is 0.573 e.